The summed E-state index contributed by atoms with van der Waals surface area (Å²) in [6, 6.07) is 9.13. The minimum Gasteiger partial charge on any atom is -0.495 e. The number of halogens is 1. The Morgan fingerprint density at radius 1 is 1.22 bits per heavy atom. The second kappa shape index (κ2) is 12.0. The highest BCUT2D eigenvalue weighted by Gasteiger charge is 2.40. The van der Waals surface area contributed by atoms with Gasteiger partial charge in [-0.15, -0.1) is 0 Å². The smallest absolute Gasteiger partial charge is 0.344 e. The van der Waals surface area contributed by atoms with E-state index in [-0.39, 0.29) is 12.2 Å². The van der Waals surface area contributed by atoms with Crippen molar-refractivity contribution in [2.45, 2.75) is 58.0 Å². The van der Waals surface area contributed by atoms with Gasteiger partial charge in [-0.3, -0.25) is 5.43 Å². The average molecular weight is 546 g/mol. The molecule has 2 aliphatic rings. The molecule has 0 atom stereocenters. The van der Waals surface area contributed by atoms with Gasteiger partial charge in [0.05, 0.1) is 25.1 Å². The standard InChI is InChI=1S/C27H32ClN3O5S/c1-4-34-25(32)16-35-18-8-9-23-19(13-18)22(15-27(36-23)10-6-5-7-11-27)30-31-26(37)29-21-12-17(2)20(28)14-24(21)33-3/h8-9,12-14H,4-7,10-11,15-16H2,1-3H3,(H2,29,31,37). The second-order valence-corrected chi connectivity index (χ2v) is 10.0. The van der Waals surface area contributed by atoms with Crippen LogP contribution in [0.4, 0.5) is 5.69 Å². The van der Waals surface area contributed by atoms with Crippen LogP contribution in [0.25, 0.3) is 0 Å². The van der Waals surface area contributed by atoms with Crippen LogP contribution in [0.1, 0.15) is 56.6 Å². The molecule has 198 valence electrons. The normalized spacial score (nSPS) is 16.9. The van der Waals surface area contributed by atoms with Crippen molar-refractivity contribution >= 4 is 46.3 Å². The minimum absolute atomic E-state index is 0.168. The van der Waals surface area contributed by atoms with E-state index < -0.39 is 5.97 Å². The summed E-state index contributed by atoms with van der Waals surface area (Å²) >= 11 is 11.8. The lowest BCUT2D eigenvalue weighted by atomic mass is 9.78. The lowest BCUT2D eigenvalue weighted by Gasteiger charge is -2.41. The van der Waals surface area contributed by atoms with Crippen LogP contribution in [-0.2, 0) is 9.53 Å². The number of carbonyl (C=O) groups excluding carboxylic acids is 1. The third-order valence-corrected chi connectivity index (χ3v) is 7.13. The van der Waals surface area contributed by atoms with Gasteiger partial charge >= 0.3 is 5.97 Å². The van der Waals surface area contributed by atoms with Crippen LogP contribution in [0.5, 0.6) is 17.2 Å². The number of esters is 1. The summed E-state index contributed by atoms with van der Waals surface area (Å²) in [5, 5.41) is 8.77. The number of aryl methyl sites for hydroxylation is 1. The molecule has 0 saturated heterocycles. The van der Waals surface area contributed by atoms with Crippen LogP contribution in [0.15, 0.2) is 35.4 Å². The molecule has 8 nitrogen and oxygen atoms in total. The third kappa shape index (κ3) is 6.64. The number of anilines is 1. The van der Waals surface area contributed by atoms with Crippen molar-refractivity contribution < 1.29 is 23.7 Å². The fourth-order valence-electron chi connectivity index (χ4n) is 4.70. The SMILES string of the molecule is CCOC(=O)COc1ccc2c(c1)C(=NNC(=S)Nc1cc(C)c(Cl)cc1OC)CC1(CCCCC1)O2. The molecular weight excluding hydrogens is 514 g/mol. The Morgan fingerprint density at radius 3 is 2.73 bits per heavy atom. The molecule has 2 N–H and O–H groups in total. The average Bonchev–Trinajstić information content (AvgIpc) is 2.88. The van der Waals surface area contributed by atoms with Crippen LogP contribution in [0.3, 0.4) is 0 Å². The summed E-state index contributed by atoms with van der Waals surface area (Å²) in [4.78, 5) is 11.7. The van der Waals surface area contributed by atoms with Crippen molar-refractivity contribution in [3.8, 4) is 17.2 Å². The molecule has 2 aromatic rings. The number of methoxy groups -OCH3 is 1. The molecule has 4 rings (SSSR count). The van der Waals surface area contributed by atoms with Crippen molar-refractivity contribution in [3.05, 3.63) is 46.5 Å². The van der Waals surface area contributed by atoms with Crippen molar-refractivity contribution in [1.29, 1.82) is 0 Å². The molecule has 0 unspecified atom stereocenters. The molecule has 1 saturated carbocycles. The molecule has 37 heavy (non-hydrogen) atoms. The molecule has 1 aliphatic carbocycles. The molecule has 1 fully saturated rings. The Morgan fingerprint density at radius 2 is 2.00 bits per heavy atom. The maximum absolute atomic E-state index is 11.7. The highest BCUT2D eigenvalue weighted by atomic mass is 35.5. The van der Waals surface area contributed by atoms with Gasteiger partial charge in [0.2, 0.25) is 0 Å². The van der Waals surface area contributed by atoms with Crippen LogP contribution in [-0.4, -0.2) is 42.7 Å². The summed E-state index contributed by atoms with van der Waals surface area (Å²) in [5.74, 6) is 1.43. The van der Waals surface area contributed by atoms with Gasteiger partial charge in [-0.25, -0.2) is 4.79 Å². The molecule has 0 radical (unpaired) electrons. The molecular formula is C27H32ClN3O5S. The monoisotopic (exact) mass is 545 g/mol. The Hall–Kier alpha value is -3.04. The third-order valence-electron chi connectivity index (χ3n) is 6.53. The van der Waals surface area contributed by atoms with E-state index in [1.807, 2.05) is 25.1 Å². The van der Waals surface area contributed by atoms with Crippen LogP contribution < -0.4 is 25.0 Å². The summed E-state index contributed by atoms with van der Waals surface area (Å²) in [5.41, 5.74) is 5.89. The van der Waals surface area contributed by atoms with Crippen molar-refractivity contribution in [3.63, 3.8) is 0 Å². The zero-order valence-corrected chi connectivity index (χ0v) is 22.9. The Kier molecular flexibility index (Phi) is 8.76. The number of nitrogens with zero attached hydrogens (tertiary/aromatic N) is 1. The second-order valence-electron chi connectivity index (χ2n) is 9.20. The summed E-state index contributed by atoms with van der Waals surface area (Å²) < 4.78 is 22.6. The van der Waals surface area contributed by atoms with Gasteiger partial charge in [-0.1, -0.05) is 18.0 Å². The number of ether oxygens (including phenoxy) is 4. The van der Waals surface area contributed by atoms with Crippen LogP contribution in [0, 0.1) is 6.92 Å². The summed E-state index contributed by atoms with van der Waals surface area (Å²) in [6.07, 6.45) is 6.02. The number of nitrogens with one attached hydrogen (secondary N) is 2. The highest BCUT2D eigenvalue weighted by Crippen LogP contribution is 2.43. The number of thiocarbonyl (C=S) groups is 1. The Bertz CT molecular complexity index is 1200. The first kappa shape index (κ1) is 27.0. The Balaban J connectivity index is 1.56. The maximum atomic E-state index is 11.7. The first-order valence-electron chi connectivity index (χ1n) is 12.4. The zero-order chi connectivity index (χ0) is 26.4. The summed E-state index contributed by atoms with van der Waals surface area (Å²) in [7, 11) is 1.58. The largest absolute Gasteiger partial charge is 0.495 e. The van der Waals surface area contributed by atoms with E-state index in [4.69, 9.17) is 47.9 Å². The number of rotatable bonds is 7. The first-order chi connectivity index (χ1) is 17.8. The molecule has 0 aromatic heterocycles. The minimum atomic E-state index is -0.419. The van der Waals surface area contributed by atoms with Crippen molar-refractivity contribution in [2.75, 3.05) is 25.6 Å². The maximum Gasteiger partial charge on any atom is 0.344 e. The molecule has 0 bridgehead atoms. The molecule has 2 aromatic carbocycles. The Labute approximate surface area is 227 Å². The molecule has 10 heteroatoms. The number of fused-ring (bicyclic) bond motifs is 1. The van der Waals surface area contributed by atoms with E-state index >= 15 is 0 Å². The van der Waals surface area contributed by atoms with Gasteiger partial charge < -0.3 is 24.3 Å². The van der Waals surface area contributed by atoms with E-state index in [1.54, 1.807) is 26.2 Å². The quantitative estimate of drug-likeness (QED) is 0.257. The van der Waals surface area contributed by atoms with Gasteiger partial charge in [-0.2, -0.15) is 5.10 Å². The van der Waals surface area contributed by atoms with Gasteiger partial charge in [0, 0.05) is 23.1 Å². The van der Waals surface area contributed by atoms with Crippen LogP contribution in [0.2, 0.25) is 5.02 Å². The highest BCUT2D eigenvalue weighted by molar-refractivity contribution is 7.80. The van der Waals surface area contributed by atoms with Crippen molar-refractivity contribution in [1.82, 2.24) is 5.43 Å². The number of benzene rings is 2. The van der Waals surface area contributed by atoms with E-state index in [1.165, 1.54) is 6.42 Å². The lowest BCUT2D eigenvalue weighted by Crippen LogP contribution is -2.44. The molecule has 1 aliphatic heterocycles. The predicted molar refractivity (Wildman–Crippen MR) is 148 cm³/mol. The van der Waals surface area contributed by atoms with E-state index in [9.17, 15) is 4.79 Å². The molecule has 0 amide bonds. The van der Waals surface area contributed by atoms with Gasteiger partial charge in [0.15, 0.2) is 11.7 Å². The predicted octanol–water partition coefficient (Wildman–Crippen LogP) is 5.78. The number of carbonyl (C=O) groups is 1. The van der Waals surface area contributed by atoms with E-state index in [0.29, 0.717) is 40.3 Å². The number of hydrogen-bond donors (Lipinski definition) is 2. The van der Waals surface area contributed by atoms with Crippen molar-refractivity contribution in [2.24, 2.45) is 5.10 Å². The number of hydrogen-bond acceptors (Lipinski definition) is 7. The van der Waals surface area contributed by atoms with Gasteiger partial charge in [0.25, 0.3) is 0 Å². The molecule has 1 heterocycles. The fraction of sp³-hybridized carbons (Fsp3) is 0.444. The van der Waals surface area contributed by atoms with E-state index in [2.05, 4.69) is 10.7 Å². The first-order valence-corrected chi connectivity index (χ1v) is 13.2. The van der Waals surface area contributed by atoms with Gasteiger partial charge in [-0.05, 0) is 81.6 Å². The topological polar surface area (TPSA) is 90.4 Å². The molecule has 1 spiro atoms. The fourth-order valence-corrected chi connectivity index (χ4v) is 5.01. The zero-order valence-electron chi connectivity index (χ0n) is 21.3. The van der Waals surface area contributed by atoms with E-state index in [0.717, 1.165) is 48.3 Å². The number of hydrazone groups is 1. The lowest BCUT2D eigenvalue weighted by molar-refractivity contribution is -0.145. The summed E-state index contributed by atoms with van der Waals surface area (Å²) in [6.45, 7) is 3.81. The van der Waals surface area contributed by atoms with Crippen LogP contribution >= 0.6 is 23.8 Å². The van der Waals surface area contributed by atoms with Gasteiger partial charge in [0.1, 0.15) is 22.8 Å².